The monoisotopic (exact) mass is 233 g/mol. The molecule has 5 nitrogen and oxygen atoms in total. The van der Waals surface area contributed by atoms with Crippen LogP contribution in [-0.2, 0) is 15.9 Å². The molecule has 0 aliphatic heterocycles. The lowest BCUT2D eigenvalue weighted by atomic mass is 10.2. The minimum absolute atomic E-state index is 0.0972. The SMILES string of the molecule is NCCO.O=S(=O)(O)Cc1ccccc1. The zero-order valence-corrected chi connectivity index (χ0v) is 9.02. The van der Waals surface area contributed by atoms with Crippen LogP contribution in [0.2, 0.25) is 0 Å². The summed E-state index contributed by atoms with van der Waals surface area (Å²) in [6.45, 7) is 0.472. The van der Waals surface area contributed by atoms with Gasteiger partial charge in [0.15, 0.2) is 0 Å². The number of nitrogens with two attached hydrogens (primary N) is 1. The molecule has 0 aromatic heterocycles. The molecule has 0 amide bonds. The first kappa shape index (κ1) is 14.1. The van der Waals surface area contributed by atoms with E-state index in [0.717, 1.165) is 0 Å². The van der Waals surface area contributed by atoms with Crippen molar-refractivity contribution in [2.75, 3.05) is 13.2 Å². The summed E-state index contributed by atoms with van der Waals surface area (Å²) in [4.78, 5) is 0. The second kappa shape index (κ2) is 7.36. The van der Waals surface area contributed by atoms with E-state index in [0.29, 0.717) is 12.1 Å². The summed E-state index contributed by atoms with van der Waals surface area (Å²) in [5.41, 5.74) is 5.37. The van der Waals surface area contributed by atoms with Gasteiger partial charge in [-0.25, -0.2) is 0 Å². The molecule has 4 N–H and O–H groups in total. The van der Waals surface area contributed by atoms with Gasteiger partial charge in [0.2, 0.25) is 0 Å². The molecule has 1 rings (SSSR count). The third-order valence-corrected chi connectivity index (χ3v) is 2.02. The summed E-state index contributed by atoms with van der Waals surface area (Å²) >= 11 is 0. The molecule has 0 atom stereocenters. The highest BCUT2D eigenvalue weighted by Gasteiger charge is 2.04. The van der Waals surface area contributed by atoms with E-state index in [2.05, 4.69) is 0 Å². The smallest absolute Gasteiger partial charge is 0.269 e. The van der Waals surface area contributed by atoms with Gasteiger partial charge in [0.1, 0.15) is 5.75 Å². The van der Waals surface area contributed by atoms with Crippen LogP contribution in [0, 0.1) is 0 Å². The third-order valence-electron chi connectivity index (χ3n) is 1.32. The van der Waals surface area contributed by atoms with E-state index in [4.69, 9.17) is 15.4 Å². The van der Waals surface area contributed by atoms with Gasteiger partial charge in [-0.3, -0.25) is 4.55 Å². The molecule has 0 saturated heterocycles. The Bertz CT molecular complexity index is 348. The van der Waals surface area contributed by atoms with E-state index in [9.17, 15) is 8.42 Å². The van der Waals surface area contributed by atoms with Crippen molar-refractivity contribution in [1.82, 2.24) is 0 Å². The van der Waals surface area contributed by atoms with Crippen molar-refractivity contribution in [3.63, 3.8) is 0 Å². The number of hydrogen-bond donors (Lipinski definition) is 3. The van der Waals surface area contributed by atoms with Crippen LogP contribution in [0.1, 0.15) is 5.56 Å². The fourth-order valence-corrected chi connectivity index (χ4v) is 1.40. The number of benzene rings is 1. The van der Waals surface area contributed by atoms with Crippen LogP contribution >= 0.6 is 0 Å². The molecule has 0 unspecified atom stereocenters. The molecule has 15 heavy (non-hydrogen) atoms. The van der Waals surface area contributed by atoms with Crippen molar-refractivity contribution in [1.29, 1.82) is 0 Å². The van der Waals surface area contributed by atoms with Crippen molar-refractivity contribution >= 4 is 10.1 Å². The Morgan fingerprint density at radius 2 is 1.67 bits per heavy atom. The van der Waals surface area contributed by atoms with E-state index in [1.165, 1.54) is 0 Å². The second-order valence-electron chi connectivity index (χ2n) is 2.72. The van der Waals surface area contributed by atoms with Crippen LogP contribution in [0.5, 0.6) is 0 Å². The van der Waals surface area contributed by atoms with E-state index >= 15 is 0 Å². The summed E-state index contributed by atoms with van der Waals surface area (Å²) in [5.74, 6) is -0.312. The summed E-state index contributed by atoms with van der Waals surface area (Å²) < 4.78 is 29.2. The van der Waals surface area contributed by atoms with E-state index in [1.54, 1.807) is 30.3 Å². The molecule has 0 aliphatic carbocycles. The van der Waals surface area contributed by atoms with Gasteiger partial charge in [-0.05, 0) is 5.56 Å². The summed E-state index contributed by atoms with van der Waals surface area (Å²) in [6, 6.07) is 8.52. The zero-order valence-electron chi connectivity index (χ0n) is 8.20. The quantitative estimate of drug-likeness (QED) is 0.638. The van der Waals surface area contributed by atoms with Gasteiger partial charge < -0.3 is 10.8 Å². The number of rotatable bonds is 3. The van der Waals surface area contributed by atoms with Crippen molar-refractivity contribution in [3.8, 4) is 0 Å². The Morgan fingerprint density at radius 3 is 2.00 bits per heavy atom. The maximum atomic E-state index is 10.4. The molecule has 0 aliphatic rings. The predicted molar refractivity (Wildman–Crippen MR) is 57.8 cm³/mol. The van der Waals surface area contributed by atoms with E-state index in [-0.39, 0.29) is 12.4 Å². The first-order valence-electron chi connectivity index (χ1n) is 4.29. The fourth-order valence-electron chi connectivity index (χ4n) is 0.785. The topological polar surface area (TPSA) is 101 Å². The standard InChI is InChI=1S/C7H8O3S.C2H7NO/c8-11(9,10)6-7-4-2-1-3-5-7;3-1-2-4/h1-5H,6H2,(H,8,9,10);4H,1-3H2. The highest BCUT2D eigenvalue weighted by molar-refractivity contribution is 7.85. The zero-order chi connectivity index (χ0) is 11.7. The molecule has 0 spiro atoms. The van der Waals surface area contributed by atoms with Crippen LogP contribution in [0.4, 0.5) is 0 Å². The Hall–Kier alpha value is -0.950. The summed E-state index contributed by atoms with van der Waals surface area (Å²) in [6.07, 6.45) is 0. The second-order valence-corrected chi connectivity index (χ2v) is 4.18. The lowest BCUT2D eigenvalue weighted by molar-refractivity contribution is 0.306. The Labute approximate surface area is 89.3 Å². The van der Waals surface area contributed by atoms with Gasteiger partial charge in [0, 0.05) is 6.54 Å². The van der Waals surface area contributed by atoms with Crippen molar-refractivity contribution in [2.24, 2.45) is 5.73 Å². The molecule has 0 fully saturated rings. The molecule has 0 heterocycles. The molecule has 6 heteroatoms. The van der Waals surface area contributed by atoms with Gasteiger partial charge in [0.05, 0.1) is 6.61 Å². The van der Waals surface area contributed by atoms with Crippen LogP contribution < -0.4 is 5.73 Å². The van der Waals surface area contributed by atoms with E-state index in [1.807, 2.05) is 0 Å². The summed E-state index contributed by atoms with van der Waals surface area (Å²) in [5, 5.41) is 7.75. The lowest BCUT2D eigenvalue weighted by Gasteiger charge is -1.95. The largest absolute Gasteiger partial charge is 0.395 e. The van der Waals surface area contributed by atoms with E-state index < -0.39 is 10.1 Å². The molecule has 86 valence electrons. The van der Waals surface area contributed by atoms with Crippen LogP contribution in [0.15, 0.2) is 30.3 Å². The Morgan fingerprint density at radius 1 is 1.20 bits per heavy atom. The molecule has 0 bridgehead atoms. The molecule has 1 aromatic carbocycles. The van der Waals surface area contributed by atoms with Gasteiger partial charge in [0.25, 0.3) is 10.1 Å². The minimum Gasteiger partial charge on any atom is -0.395 e. The lowest BCUT2D eigenvalue weighted by Crippen LogP contribution is -2.02. The Kier molecular flexibility index (Phi) is 6.89. The van der Waals surface area contributed by atoms with Gasteiger partial charge >= 0.3 is 0 Å². The normalized spacial score (nSPS) is 10.3. The fraction of sp³-hybridized carbons (Fsp3) is 0.333. The highest BCUT2D eigenvalue weighted by Crippen LogP contribution is 2.02. The Balaban J connectivity index is 0.000000423. The van der Waals surface area contributed by atoms with Crippen LogP contribution in [-0.4, -0.2) is 31.2 Å². The molecule has 1 aromatic rings. The highest BCUT2D eigenvalue weighted by atomic mass is 32.2. The molecular weight excluding hydrogens is 218 g/mol. The molecule has 0 radical (unpaired) electrons. The number of hydrogen-bond acceptors (Lipinski definition) is 4. The average Bonchev–Trinajstić information content (AvgIpc) is 2.17. The molecule has 0 saturated carbocycles. The van der Waals surface area contributed by atoms with Gasteiger partial charge in [-0.2, -0.15) is 8.42 Å². The van der Waals surface area contributed by atoms with Crippen LogP contribution in [0.25, 0.3) is 0 Å². The summed E-state index contributed by atoms with van der Waals surface area (Å²) in [7, 11) is -3.88. The van der Waals surface area contributed by atoms with Crippen molar-refractivity contribution in [2.45, 2.75) is 5.75 Å². The van der Waals surface area contributed by atoms with Gasteiger partial charge in [-0.15, -0.1) is 0 Å². The first-order chi connectivity index (χ1) is 6.99. The first-order valence-corrected chi connectivity index (χ1v) is 5.90. The van der Waals surface area contributed by atoms with Crippen molar-refractivity contribution in [3.05, 3.63) is 35.9 Å². The van der Waals surface area contributed by atoms with Gasteiger partial charge in [-0.1, -0.05) is 30.3 Å². The maximum Gasteiger partial charge on any atom is 0.269 e. The number of aliphatic hydroxyl groups is 1. The molecular formula is C9H15NO4S. The average molecular weight is 233 g/mol. The maximum absolute atomic E-state index is 10.4. The predicted octanol–water partition coefficient (Wildman–Crippen LogP) is 0.0118. The number of aliphatic hydroxyl groups excluding tert-OH is 1. The van der Waals surface area contributed by atoms with Crippen molar-refractivity contribution < 1.29 is 18.1 Å². The minimum atomic E-state index is -3.88. The van der Waals surface area contributed by atoms with Crippen LogP contribution in [0.3, 0.4) is 0 Å². The third kappa shape index (κ3) is 9.36.